The first-order valence-corrected chi connectivity index (χ1v) is 12.7. The molecule has 0 amide bonds. The van der Waals surface area contributed by atoms with Crippen LogP contribution in [0.15, 0.2) is 35.9 Å². The zero-order valence-electron chi connectivity index (χ0n) is 19.8. The minimum atomic E-state index is -0.396. The number of benzene rings is 1. The maximum atomic E-state index is 10.4. The van der Waals surface area contributed by atoms with Gasteiger partial charge in [-0.2, -0.15) is 0 Å². The molecule has 4 heteroatoms. The van der Waals surface area contributed by atoms with Gasteiger partial charge in [0.05, 0.1) is 26.4 Å². The summed E-state index contributed by atoms with van der Waals surface area (Å²) in [5, 5.41) is 10.4. The third-order valence-corrected chi connectivity index (χ3v) is 10.4. The second-order valence-corrected chi connectivity index (χ2v) is 11.5. The largest absolute Gasteiger partial charge is 0.497 e. The molecule has 0 bridgehead atoms. The summed E-state index contributed by atoms with van der Waals surface area (Å²) >= 11 is 0. The molecule has 1 spiro atoms. The van der Waals surface area contributed by atoms with Crippen molar-refractivity contribution in [3.8, 4) is 5.75 Å². The van der Waals surface area contributed by atoms with Crippen molar-refractivity contribution in [2.45, 2.75) is 76.6 Å². The van der Waals surface area contributed by atoms with Crippen LogP contribution >= 0.6 is 0 Å². The number of ether oxygens (including phenoxy) is 3. The Hall–Kier alpha value is -1.36. The van der Waals surface area contributed by atoms with Crippen molar-refractivity contribution in [3.63, 3.8) is 0 Å². The van der Waals surface area contributed by atoms with Crippen molar-refractivity contribution in [3.05, 3.63) is 41.5 Å². The fourth-order valence-corrected chi connectivity index (χ4v) is 8.95. The van der Waals surface area contributed by atoms with Crippen LogP contribution in [-0.2, 0) is 9.47 Å². The Morgan fingerprint density at radius 3 is 2.47 bits per heavy atom. The van der Waals surface area contributed by atoms with E-state index >= 15 is 0 Å². The van der Waals surface area contributed by atoms with Crippen LogP contribution in [0.5, 0.6) is 5.75 Å². The molecular formula is C28H38O4. The van der Waals surface area contributed by atoms with E-state index in [2.05, 4.69) is 44.2 Å². The molecule has 1 heterocycles. The molecule has 0 aromatic heterocycles. The van der Waals surface area contributed by atoms with E-state index in [1.807, 2.05) is 0 Å². The number of hydrogen-bond donors (Lipinski definition) is 1. The highest BCUT2D eigenvalue weighted by Gasteiger charge is 2.68. The van der Waals surface area contributed by atoms with Gasteiger partial charge in [-0.05, 0) is 85.3 Å². The van der Waals surface area contributed by atoms with E-state index in [9.17, 15) is 5.11 Å². The minimum absolute atomic E-state index is 0.0427. The predicted octanol–water partition coefficient (Wildman–Crippen LogP) is 5.46. The maximum absolute atomic E-state index is 10.4. The molecule has 3 saturated carbocycles. The number of allylic oxidation sites excluding steroid dienone is 1. The Morgan fingerprint density at radius 2 is 1.75 bits per heavy atom. The Bertz CT molecular complexity index is 901. The van der Waals surface area contributed by atoms with Crippen LogP contribution in [0.3, 0.4) is 0 Å². The molecule has 1 aromatic carbocycles. The molecule has 1 aromatic rings. The lowest BCUT2D eigenvalue weighted by Gasteiger charge is -2.62. The average molecular weight is 439 g/mol. The van der Waals surface area contributed by atoms with Crippen LogP contribution in [0.1, 0.15) is 70.3 Å². The molecule has 4 fully saturated rings. The summed E-state index contributed by atoms with van der Waals surface area (Å²) < 4.78 is 18.3. The van der Waals surface area contributed by atoms with Crippen LogP contribution in [0.2, 0.25) is 0 Å². The molecule has 4 aliphatic carbocycles. The van der Waals surface area contributed by atoms with E-state index in [1.54, 1.807) is 7.11 Å². The molecule has 7 atom stereocenters. The van der Waals surface area contributed by atoms with Crippen molar-refractivity contribution in [1.82, 2.24) is 0 Å². The van der Waals surface area contributed by atoms with Gasteiger partial charge in [0.2, 0.25) is 0 Å². The van der Waals surface area contributed by atoms with Gasteiger partial charge in [-0.3, -0.25) is 0 Å². The molecule has 1 saturated heterocycles. The van der Waals surface area contributed by atoms with Crippen molar-refractivity contribution < 1.29 is 19.3 Å². The van der Waals surface area contributed by atoms with Crippen LogP contribution in [0.4, 0.5) is 0 Å². The topological polar surface area (TPSA) is 47.9 Å². The summed E-state index contributed by atoms with van der Waals surface area (Å²) in [5.41, 5.74) is 3.15. The lowest BCUT2D eigenvalue weighted by atomic mass is 9.43. The molecule has 5 aliphatic rings. The van der Waals surface area contributed by atoms with E-state index in [0.717, 1.165) is 51.1 Å². The second kappa shape index (κ2) is 7.32. The molecule has 1 aliphatic heterocycles. The van der Waals surface area contributed by atoms with Gasteiger partial charge in [-0.25, -0.2) is 0 Å². The van der Waals surface area contributed by atoms with Gasteiger partial charge in [0, 0.05) is 11.8 Å². The summed E-state index contributed by atoms with van der Waals surface area (Å²) in [6, 6.07) is 8.83. The van der Waals surface area contributed by atoms with Crippen molar-refractivity contribution in [1.29, 1.82) is 0 Å². The lowest BCUT2D eigenvalue weighted by Crippen LogP contribution is -2.57. The van der Waals surface area contributed by atoms with Gasteiger partial charge in [0.15, 0.2) is 5.79 Å². The average Bonchev–Trinajstić information content (AvgIpc) is 3.39. The lowest BCUT2D eigenvalue weighted by molar-refractivity contribution is -0.246. The smallest absolute Gasteiger partial charge is 0.174 e. The monoisotopic (exact) mass is 438 g/mol. The van der Waals surface area contributed by atoms with E-state index in [1.165, 1.54) is 24.0 Å². The maximum Gasteiger partial charge on any atom is 0.174 e. The van der Waals surface area contributed by atoms with Gasteiger partial charge in [-0.1, -0.05) is 37.6 Å². The molecule has 174 valence electrons. The molecule has 6 rings (SSSR count). The Labute approximate surface area is 192 Å². The third-order valence-electron chi connectivity index (χ3n) is 10.4. The summed E-state index contributed by atoms with van der Waals surface area (Å²) in [6.07, 6.45) is 9.63. The van der Waals surface area contributed by atoms with E-state index in [-0.39, 0.29) is 16.9 Å². The molecule has 4 nitrogen and oxygen atoms in total. The summed E-state index contributed by atoms with van der Waals surface area (Å²) in [7, 11) is 1.74. The number of fused-ring (bicyclic) bond motifs is 6. The summed E-state index contributed by atoms with van der Waals surface area (Å²) in [6.45, 7) is 6.44. The number of rotatable bonds is 2. The van der Waals surface area contributed by atoms with Gasteiger partial charge in [0.1, 0.15) is 5.75 Å². The van der Waals surface area contributed by atoms with Crippen molar-refractivity contribution in [2.24, 2.45) is 28.6 Å². The Balaban J connectivity index is 1.47. The quantitative estimate of drug-likeness (QED) is 0.623. The van der Waals surface area contributed by atoms with Crippen LogP contribution in [0.25, 0.3) is 0 Å². The SMILES string of the molecule is COc1ccc([C@H]2C[C@@]3(C)[C@@H](CCC34OCCO4)[C@@H]3CCC4=CC(O)CC[C@]4(C)[C@H]32)cc1. The molecular weight excluding hydrogens is 400 g/mol. The zero-order valence-corrected chi connectivity index (χ0v) is 19.8. The van der Waals surface area contributed by atoms with Crippen LogP contribution in [0, 0.1) is 28.6 Å². The highest BCUT2D eigenvalue weighted by molar-refractivity contribution is 5.35. The van der Waals surface area contributed by atoms with E-state index in [4.69, 9.17) is 14.2 Å². The zero-order chi connectivity index (χ0) is 22.1. The first-order chi connectivity index (χ1) is 15.4. The van der Waals surface area contributed by atoms with Crippen LogP contribution < -0.4 is 4.74 Å². The number of methoxy groups -OCH3 is 1. The minimum Gasteiger partial charge on any atom is -0.497 e. The molecule has 1 N–H and O–H groups in total. The fourth-order valence-electron chi connectivity index (χ4n) is 8.95. The normalized spacial score (nSPS) is 44.5. The molecule has 32 heavy (non-hydrogen) atoms. The highest BCUT2D eigenvalue weighted by Crippen LogP contribution is 2.72. The number of aliphatic hydroxyl groups is 1. The van der Waals surface area contributed by atoms with Gasteiger partial charge < -0.3 is 19.3 Å². The van der Waals surface area contributed by atoms with Crippen molar-refractivity contribution >= 4 is 0 Å². The second-order valence-electron chi connectivity index (χ2n) is 11.5. The third kappa shape index (κ3) is 2.78. The fraction of sp³-hybridized carbons (Fsp3) is 0.714. The van der Waals surface area contributed by atoms with Gasteiger partial charge in [0.25, 0.3) is 0 Å². The molecule has 0 radical (unpaired) electrons. The standard InChI is InChI=1S/C28H38O4/c1-26-12-10-20(29)16-19(26)6-9-22-24-11-13-28(31-14-15-32-28)27(24,2)17-23(25(22)26)18-4-7-21(30-3)8-5-18/h4-5,7-8,16,20,22-25,29H,6,9-15,17H2,1-3H3/t20?,22-,23+,24-,25+,26-,27-/m0/s1. The first kappa shape index (κ1) is 21.2. The summed E-state index contributed by atoms with van der Waals surface area (Å²) in [4.78, 5) is 0. The predicted molar refractivity (Wildman–Crippen MR) is 123 cm³/mol. The first-order valence-electron chi connectivity index (χ1n) is 12.7. The van der Waals surface area contributed by atoms with Crippen LogP contribution in [-0.4, -0.2) is 37.3 Å². The molecule has 1 unspecified atom stereocenters. The highest BCUT2D eigenvalue weighted by atomic mass is 16.7. The van der Waals surface area contributed by atoms with Crippen molar-refractivity contribution in [2.75, 3.05) is 20.3 Å². The number of aliphatic hydroxyl groups excluding tert-OH is 1. The Kier molecular flexibility index (Phi) is 4.85. The van der Waals surface area contributed by atoms with Gasteiger partial charge in [-0.15, -0.1) is 0 Å². The number of hydrogen-bond acceptors (Lipinski definition) is 4. The summed E-state index contributed by atoms with van der Waals surface area (Å²) in [5.74, 6) is 2.89. The van der Waals surface area contributed by atoms with E-state index < -0.39 is 5.79 Å². The Morgan fingerprint density at radius 1 is 1.00 bits per heavy atom. The van der Waals surface area contributed by atoms with E-state index in [0.29, 0.717) is 23.7 Å². The van der Waals surface area contributed by atoms with Gasteiger partial charge >= 0.3 is 0 Å².